The Hall–Kier alpha value is -2.26. The fourth-order valence-electron chi connectivity index (χ4n) is 4.14. The van der Waals surface area contributed by atoms with E-state index < -0.39 is 0 Å². The minimum Gasteiger partial charge on any atom is -0.335 e. The minimum absolute atomic E-state index is 0.960. The second kappa shape index (κ2) is 7.05. The molecule has 0 saturated carbocycles. The number of pyridine rings is 1. The molecule has 0 saturated heterocycles. The summed E-state index contributed by atoms with van der Waals surface area (Å²) in [6.07, 6.45) is 2.37. The van der Waals surface area contributed by atoms with Crippen molar-refractivity contribution < 1.29 is 4.57 Å². The molecule has 0 bridgehead atoms. The van der Waals surface area contributed by atoms with E-state index in [9.17, 15) is 0 Å². The molecule has 0 fully saturated rings. The van der Waals surface area contributed by atoms with Crippen molar-refractivity contribution in [2.45, 2.75) is 46.1 Å². The number of thioether (sulfide) groups is 1. The number of aryl methyl sites for hydroxylation is 4. The maximum absolute atomic E-state index is 2.45. The highest BCUT2D eigenvalue weighted by Crippen LogP contribution is 2.48. The molecule has 0 spiro atoms. The van der Waals surface area contributed by atoms with Gasteiger partial charge in [-0.1, -0.05) is 30.0 Å². The van der Waals surface area contributed by atoms with Crippen molar-refractivity contribution in [1.29, 1.82) is 0 Å². The fraction of sp³-hybridized carbons (Fsp3) is 0.292. The molecule has 0 unspecified atom stereocenters. The van der Waals surface area contributed by atoms with E-state index in [2.05, 4.69) is 92.6 Å². The third kappa shape index (κ3) is 3.04. The Labute approximate surface area is 166 Å². The number of rotatable bonds is 3. The summed E-state index contributed by atoms with van der Waals surface area (Å²) in [5.74, 6) is 0. The number of hydrogen-bond donors (Lipinski definition) is 0. The monoisotopic (exact) mass is 375 g/mol. The number of hydrogen-bond acceptors (Lipinski definition) is 2. The maximum Gasteiger partial charge on any atom is 0.213 e. The molecule has 0 N–H and O–H groups in total. The van der Waals surface area contributed by atoms with Gasteiger partial charge in [-0.2, -0.15) is 4.57 Å². The molecule has 2 heterocycles. The second-order valence-corrected chi connectivity index (χ2v) is 8.30. The average Bonchev–Trinajstić information content (AvgIpc) is 2.99. The summed E-state index contributed by atoms with van der Waals surface area (Å²) in [7, 11) is 0. The number of fused-ring (bicyclic) bond motifs is 2. The predicted octanol–water partition coefficient (Wildman–Crippen LogP) is 6.00. The van der Waals surface area contributed by atoms with Gasteiger partial charge in [0, 0.05) is 35.0 Å². The van der Waals surface area contributed by atoms with Crippen LogP contribution in [0.3, 0.4) is 0 Å². The molecule has 27 heavy (non-hydrogen) atoms. The molecular weight excluding hydrogens is 348 g/mol. The summed E-state index contributed by atoms with van der Waals surface area (Å²) in [6, 6.07) is 15.6. The van der Waals surface area contributed by atoms with Crippen LogP contribution < -0.4 is 9.47 Å². The van der Waals surface area contributed by atoms with Crippen molar-refractivity contribution in [2.24, 2.45) is 0 Å². The van der Waals surface area contributed by atoms with Crippen molar-refractivity contribution in [3.8, 4) is 0 Å². The van der Waals surface area contributed by atoms with Crippen LogP contribution in [0.15, 0.2) is 52.4 Å². The lowest BCUT2D eigenvalue weighted by molar-refractivity contribution is -0.669. The highest BCUT2D eigenvalue weighted by Gasteiger charge is 2.27. The number of nitrogens with zero attached hydrogens (tertiary/aromatic N) is 2. The van der Waals surface area contributed by atoms with Crippen molar-refractivity contribution in [1.82, 2.24) is 0 Å². The second-order valence-electron chi connectivity index (χ2n) is 7.27. The molecular formula is C24H27N2S+. The van der Waals surface area contributed by atoms with Gasteiger partial charge in [0.25, 0.3) is 0 Å². The smallest absolute Gasteiger partial charge is 0.213 e. The molecule has 1 aliphatic rings. The van der Waals surface area contributed by atoms with Gasteiger partial charge in [-0.15, -0.1) is 0 Å². The van der Waals surface area contributed by atoms with Crippen LogP contribution in [-0.4, -0.2) is 6.54 Å². The van der Waals surface area contributed by atoms with E-state index in [1.807, 2.05) is 11.8 Å². The number of anilines is 1. The van der Waals surface area contributed by atoms with Crippen molar-refractivity contribution in [2.75, 3.05) is 11.4 Å². The van der Waals surface area contributed by atoms with Gasteiger partial charge in [0.1, 0.15) is 6.54 Å². The molecule has 0 amide bonds. The van der Waals surface area contributed by atoms with Gasteiger partial charge in [-0.3, -0.25) is 0 Å². The normalized spacial score (nSPS) is 15.0. The Morgan fingerprint density at radius 3 is 2.52 bits per heavy atom. The van der Waals surface area contributed by atoms with Gasteiger partial charge >= 0.3 is 0 Å². The summed E-state index contributed by atoms with van der Waals surface area (Å²) in [4.78, 5) is 3.85. The Morgan fingerprint density at radius 2 is 1.78 bits per heavy atom. The maximum atomic E-state index is 2.45. The van der Waals surface area contributed by atoms with Crippen LogP contribution in [0.2, 0.25) is 0 Å². The molecule has 2 aromatic carbocycles. The van der Waals surface area contributed by atoms with E-state index in [-0.39, 0.29) is 0 Å². The molecule has 1 aliphatic heterocycles. The van der Waals surface area contributed by atoms with Crippen molar-refractivity contribution >= 4 is 34.4 Å². The lowest BCUT2D eigenvalue weighted by Crippen LogP contribution is -2.37. The topological polar surface area (TPSA) is 7.12 Å². The van der Waals surface area contributed by atoms with E-state index in [1.54, 1.807) is 0 Å². The summed E-state index contributed by atoms with van der Waals surface area (Å²) >= 11 is 1.90. The first-order chi connectivity index (χ1) is 13.0. The van der Waals surface area contributed by atoms with Gasteiger partial charge < -0.3 is 4.90 Å². The molecule has 4 rings (SSSR count). The third-order valence-electron chi connectivity index (χ3n) is 5.36. The van der Waals surface area contributed by atoms with Gasteiger partial charge in [0.15, 0.2) is 0 Å². The largest absolute Gasteiger partial charge is 0.335 e. The zero-order valence-corrected chi connectivity index (χ0v) is 17.7. The Balaban J connectivity index is 1.88. The highest BCUT2D eigenvalue weighted by atomic mass is 32.2. The summed E-state index contributed by atoms with van der Waals surface area (Å²) in [6.45, 7) is 13.0. The van der Waals surface area contributed by atoms with E-state index in [1.165, 1.54) is 48.9 Å². The zero-order chi connectivity index (χ0) is 19.1. The minimum atomic E-state index is 0.960. The predicted molar refractivity (Wildman–Crippen MR) is 117 cm³/mol. The van der Waals surface area contributed by atoms with E-state index >= 15 is 0 Å². The van der Waals surface area contributed by atoms with E-state index in [0.29, 0.717) is 0 Å². The van der Waals surface area contributed by atoms with Gasteiger partial charge in [0.05, 0.1) is 10.7 Å². The Kier molecular flexibility index (Phi) is 4.73. The van der Waals surface area contributed by atoms with Crippen LogP contribution in [-0.2, 0) is 6.54 Å². The summed E-state index contributed by atoms with van der Waals surface area (Å²) < 4.78 is 2.42. The van der Waals surface area contributed by atoms with Crippen LogP contribution in [0, 0.1) is 20.8 Å². The molecule has 3 aromatic rings. The Morgan fingerprint density at radius 1 is 1.00 bits per heavy atom. The average molecular weight is 376 g/mol. The first-order valence-corrected chi connectivity index (χ1v) is 10.6. The van der Waals surface area contributed by atoms with Crippen molar-refractivity contribution in [3.05, 3.63) is 69.9 Å². The van der Waals surface area contributed by atoms with Gasteiger partial charge in [0.2, 0.25) is 11.2 Å². The number of para-hydroxylation sites is 1. The third-order valence-corrected chi connectivity index (χ3v) is 6.64. The first kappa shape index (κ1) is 18.1. The Bertz CT molecular complexity index is 1070. The molecule has 1 aromatic heterocycles. The van der Waals surface area contributed by atoms with Crippen LogP contribution >= 0.6 is 11.8 Å². The molecule has 3 heteroatoms. The van der Waals surface area contributed by atoms with Gasteiger partial charge in [-0.05, 0) is 63.4 Å². The van der Waals surface area contributed by atoms with E-state index in [0.717, 1.165) is 13.1 Å². The molecule has 0 atom stereocenters. The molecule has 0 aliphatic carbocycles. The molecule has 2 nitrogen and oxygen atoms in total. The molecule has 0 radical (unpaired) electrons. The van der Waals surface area contributed by atoms with E-state index in [4.69, 9.17) is 0 Å². The summed E-state index contributed by atoms with van der Waals surface area (Å²) in [5, 5.41) is 2.65. The lowest BCUT2D eigenvalue weighted by Gasteiger charge is -2.18. The fourth-order valence-corrected chi connectivity index (χ4v) is 5.36. The SMILES string of the molecule is CCN1/C(=C/c2cc(C)c3ccccc3[n+]2CC)Sc2c(C)cc(C)cc21. The summed E-state index contributed by atoms with van der Waals surface area (Å²) in [5.41, 5.74) is 7.97. The van der Waals surface area contributed by atoms with Crippen LogP contribution in [0.25, 0.3) is 17.0 Å². The van der Waals surface area contributed by atoms with Crippen molar-refractivity contribution in [3.63, 3.8) is 0 Å². The quantitative estimate of drug-likeness (QED) is 0.518. The number of benzene rings is 2. The highest BCUT2D eigenvalue weighted by molar-refractivity contribution is 8.04. The van der Waals surface area contributed by atoms with Crippen LogP contribution in [0.5, 0.6) is 0 Å². The number of aromatic nitrogens is 1. The zero-order valence-electron chi connectivity index (χ0n) is 16.8. The standard InChI is InChI=1S/C24H27N2S/c1-6-25-19(14-17(4)20-10-8-9-11-21(20)25)15-23-26(7-2)22-13-16(3)12-18(5)24(22)27-23/h8-15H,6-7H2,1-5H3/q+1. The van der Waals surface area contributed by atoms with Crippen LogP contribution in [0.1, 0.15) is 36.2 Å². The lowest BCUT2D eigenvalue weighted by atomic mass is 10.1. The van der Waals surface area contributed by atoms with Gasteiger partial charge in [-0.25, -0.2) is 0 Å². The molecule has 138 valence electrons. The van der Waals surface area contributed by atoms with Crippen LogP contribution in [0.4, 0.5) is 5.69 Å². The first-order valence-electron chi connectivity index (χ1n) is 9.74.